The van der Waals surface area contributed by atoms with Crippen LogP contribution in [0.3, 0.4) is 0 Å². The Kier molecular flexibility index (Phi) is 3.20. The summed E-state index contributed by atoms with van der Waals surface area (Å²) in [5.74, 6) is 0.695. The summed E-state index contributed by atoms with van der Waals surface area (Å²) in [5, 5.41) is 3.82. The van der Waals surface area contributed by atoms with Gasteiger partial charge in [0.2, 0.25) is 0 Å². The Hall–Kier alpha value is -1.74. The van der Waals surface area contributed by atoms with E-state index in [4.69, 9.17) is 17.3 Å². The van der Waals surface area contributed by atoms with Gasteiger partial charge in [-0.05, 0) is 37.1 Å². The van der Waals surface area contributed by atoms with Crippen LogP contribution >= 0.6 is 11.6 Å². The second kappa shape index (κ2) is 4.63. The Bertz CT molecular complexity index is 552. The first kappa shape index (κ1) is 11.7. The topological polar surface area (TPSA) is 50.9 Å². The van der Waals surface area contributed by atoms with Crippen molar-refractivity contribution in [3.05, 3.63) is 46.6 Å². The SMILES string of the molecule is Cc1ccc(Cl)c(Nc2cc(N)c(C)cn2)c1. The van der Waals surface area contributed by atoms with Gasteiger partial charge < -0.3 is 11.1 Å². The molecule has 0 aliphatic rings. The van der Waals surface area contributed by atoms with Crippen LogP contribution in [0.15, 0.2) is 30.5 Å². The van der Waals surface area contributed by atoms with E-state index in [1.165, 1.54) is 0 Å². The molecule has 1 aromatic carbocycles. The van der Waals surface area contributed by atoms with Crippen molar-refractivity contribution >= 4 is 28.8 Å². The first-order valence-electron chi connectivity index (χ1n) is 5.31. The lowest BCUT2D eigenvalue weighted by atomic mass is 10.2. The minimum absolute atomic E-state index is 0.663. The molecule has 17 heavy (non-hydrogen) atoms. The van der Waals surface area contributed by atoms with E-state index in [0.717, 1.165) is 16.8 Å². The van der Waals surface area contributed by atoms with Gasteiger partial charge in [0.15, 0.2) is 0 Å². The summed E-state index contributed by atoms with van der Waals surface area (Å²) in [6, 6.07) is 7.59. The van der Waals surface area contributed by atoms with E-state index < -0.39 is 0 Å². The second-order valence-corrected chi connectivity index (χ2v) is 4.44. The van der Waals surface area contributed by atoms with Crippen molar-refractivity contribution in [3.8, 4) is 0 Å². The molecule has 0 saturated carbocycles. The lowest BCUT2D eigenvalue weighted by molar-refractivity contribution is 1.26. The molecular weight excluding hydrogens is 234 g/mol. The molecule has 4 heteroatoms. The van der Waals surface area contributed by atoms with E-state index in [1.54, 1.807) is 12.3 Å². The molecule has 1 aromatic heterocycles. The Morgan fingerprint density at radius 3 is 2.71 bits per heavy atom. The molecule has 0 saturated heterocycles. The molecule has 88 valence electrons. The Morgan fingerprint density at radius 2 is 2.00 bits per heavy atom. The van der Waals surface area contributed by atoms with E-state index >= 15 is 0 Å². The normalized spacial score (nSPS) is 10.3. The molecule has 0 aliphatic carbocycles. The molecule has 2 aromatic rings. The van der Waals surface area contributed by atoms with E-state index in [9.17, 15) is 0 Å². The lowest BCUT2D eigenvalue weighted by Crippen LogP contribution is -1.98. The molecule has 0 amide bonds. The Morgan fingerprint density at radius 1 is 1.24 bits per heavy atom. The minimum Gasteiger partial charge on any atom is -0.398 e. The van der Waals surface area contributed by atoms with Gasteiger partial charge in [-0.15, -0.1) is 0 Å². The molecule has 0 atom stereocenters. The Balaban J connectivity index is 2.31. The highest BCUT2D eigenvalue weighted by atomic mass is 35.5. The van der Waals surface area contributed by atoms with Crippen molar-refractivity contribution in [2.45, 2.75) is 13.8 Å². The van der Waals surface area contributed by atoms with Crippen LogP contribution in [0.5, 0.6) is 0 Å². The number of hydrogen-bond acceptors (Lipinski definition) is 3. The van der Waals surface area contributed by atoms with Gasteiger partial charge in [-0.2, -0.15) is 0 Å². The van der Waals surface area contributed by atoms with E-state index in [1.807, 2.05) is 32.0 Å². The summed E-state index contributed by atoms with van der Waals surface area (Å²) in [6.07, 6.45) is 1.74. The number of pyridine rings is 1. The minimum atomic E-state index is 0.663. The molecule has 3 nitrogen and oxygen atoms in total. The molecule has 0 fully saturated rings. The van der Waals surface area contributed by atoms with Crippen LogP contribution in [-0.2, 0) is 0 Å². The maximum Gasteiger partial charge on any atom is 0.132 e. The van der Waals surface area contributed by atoms with E-state index in [-0.39, 0.29) is 0 Å². The predicted octanol–water partition coefficient (Wildman–Crippen LogP) is 3.68. The fraction of sp³-hybridized carbons (Fsp3) is 0.154. The summed E-state index contributed by atoms with van der Waals surface area (Å²) in [6.45, 7) is 3.93. The number of hydrogen-bond donors (Lipinski definition) is 2. The van der Waals surface area contributed by atoms with Gasteiger partial charge in [0.05, 0.1) is 10.7 Å². The molecule has 3 N–H and O–H groups in total. The smallest absolute Gasteiger partial charge is 0.132 e. The molecular formula is C13H14ClN3. The van der Waals surface area contributed by atoms with Gasteiger partial charge in [0, 0.05) is 18.0 Å². The highest BCUT2D eigenvalue weighted by molar-refractivity contribution is 6.33. The molecule has 1 heterocycles. The van der Waals surface area contributed by atoms with Gasteiger partial charge in [-0.1, -0.05) is 17.7 Å². The van der Waals surface area contributed by atoms with Crippen LogP contribution in [0.2, 0.25) is 5.02 Å². The van der Waals surface area contributed by atoms with Crippen molar-refractivity contribution in [2.24, 2.45) is 0 Å². The van der Waals surface area contributed by atoms with E-state index in [2.05, 4.69) is 10.3 Å². The van der Waals surface area contributed by atoms with Gasteiger partial charge in [0.25, 0.3) is 0 Å². The summed E-state index contributed by atoms with van der Waals surface area (Å²) in [4.78, 5) is 4.26. The number of nitrogens with one attached hydrogen (secondary N) is 1. The highest BCUT2D eigenvalue weighted by Crippen LogP contribution is 2.26. The number of nitrogens with two attached hydrogens (primary N) is 1. The van der Waals surface area contributed by atoms with Crippen LogP contribution in [0.4, 0.5) is 17.2 Å². The third-order valence-electron chi connectivity index (χ3n) is 2.53. The van der Waals surface area contributed by atoms with Gasteiger partial charge in [-0.25, -0.2) is 4.98 Å². The summed E-state index contributed by atoms with van der Waals surface area (Å²) in [7, 11) is 0. The number of anilines is 3. The Labute approximate surface area is 106 Å². The van der Waals surface area contributed by atoms with Gasteiger partial charge >= 0.3 is 0 Å². The zero-order valence-electron chi connectivity index (χ0n) is 9.79. The fourth-order valence-electron chi connectivity index (χ4n) is 1.48. The van der Waals surface area contributed by atoms with Gasteiger partial charge in [0.1, 0.15) is 5.82 Å². The molecule has 0 unspecified atom stereocenters. The molecule has 0 bridgehead atoms. The summed E-state index contributed by atoms with van der Waals surface area (Å²) in [5.41, 5.74) is 9.48. The average molecular weight is 248 g/mol. The van der Waals surface area contributed by atoms with Crippen LogP contribution in [0.1, 0.15) is 11.1 Å². The number of benzene rings is 1. The second-order valence-electron chi connectivity index (χ2n) is 4.03. The number of aromatic nitrogens is 1. The summed E-state index contributed by atoms with van der Waals surface area (Å²) >= 11 is 6.10. The third-order valence-corrected chi connectivity index (χ3v) is 2.86. The summed E-state index contributed by atoms with van der Waals surface area (Å²) < 4.78 is 0. The average Bonchev–Trinajstić information content (AvgIpc) is 2.29. The highest BCUT2D eigenvalue weighted by Gasteiger charge is 2.03. The van der Waals surface area contributed by atoms with Crippen molar-refractivity contribution in [1.82, 2.24) is 4.98 Å². The maximum atomic E-state index is 6.10. The van der Waals surface area contributed by atoms with Gasteiger partial charge in [-0.3, -0.25) is 0 Å². The zero-order valence-corrected chi connectivity index (χ0v) is 10.5. The number of rotatable bonds is 2. The van der Waals surface area contributed by atoms with E-state index in [0.29, 0.717) is 16.5 Å². The van der Waals surface area contributed by atoms with Crippen LogP contribution < -0.4 is 11.1 Å². The lowest BCUT2D eigenvalue weighted by Gasteiger charge is -2.09. The number of halogens is 1. The molecule has 0 radical (unpaired) electrons. The quantitative estimate of drug-likeness (QED) is 0.851. The van der Waals surface area contributed by atoms with Crippen LogP contribution in [-0.4, -0.2) is 4.98 Å². The maximum absolute atomic E-state index is 6.10. The van der Waals surface area contributed by atoms with Crippen molar-refractivity contribution in [3.63, 3.8) is 0 Å². The largest absolute Gasteiger partial charge is 0.398 e. The monoisotopic (exact) mass is 247 g/mol. The number of nitrogens with zero attached hydrogens (tertiary/aromatic N) is 1. The molecule has 2 rings (SSSR count). The molecule has 0 spiro atoms. The molecule has 0 aliphatic heterocycles. The number of nitrogen functional groups attached to an aromatic ring is 1. The van der Waals surface area contributed by atoms with Crippen LogP contribution in [0, 0.1) is 13.8 Å². The van der Waals surface area contributed by atoms with Crippen molar-refractivity contribution < 1.29 is 0 Å². The fourth-order valence-corrected chi connectivity index (χ4v) is 1.65. The zero-order chi connectivity index (χ0) is 12.4. The standard InChI is InChI=1S/C13H14ClN3/c1-8-3-4-10(14)12(5-8)17-13-6-11(15)9(2)7-16-13/h3-7H,1-2H3,(H3,15,16,17). The first-order valence-corrected chi connectivity index (χ1v) is 5.69. The predicted molar refractivity (Wildman–Crippen MR) is 72.9 cm³/mol. The van der Waals surface area contributed by atoms with Crippen molar-refractivity contribution in [2.75, 3.05) is 11.1 Å². The van der Waals surface area contributed by atoms with Crippen molar-refractivity contribution in [1.29, 1.82) is 0 Å². The van der Waals surface area contributed by atoms with Crippen LogP contribution in [0.25, 0.3) is 0 Å². The number of aryl methyl sites for hydroxylation is 2. The third kappa shape index (κ3) is 2.68. The first-order chi connectivity index (χ1) is 8.06.